The predicted molar refractivity (Wildman–Crippen MR) is 125 cm³/mol. The van der Waals surface area contributed by atoms with E-state index in [1.54, 1.807) is 36.4 Å². The van der Waals surface area contributed by atoms with Gasteiger partial charge in [0.15, 0.2) is 11.3 Å². The number of hydrogen-bond acceptors (Lipinski definition) is 6. The average molecular weight is 453 g/mol. The zero-order valence-corrected chi connectivity index (χ0v) is 17.9. The highest BCUT2D eigenvalue weighted by Gasteiger charge is 2.18. The molecule has 0 aliphatic carbocycles. The summed E-state index contributed by atoms with van der Waals surface area (Å²) in [7, 11) is 0. The Kier molecular flexibility index (Phi) is 5.57. The van der Waals surface area contributed by atoms with Gasteiger partial charge in [-0.05, 0) is 23.8 Å². The number of carbonyl (C=O) groups excluding carboxylic acids is 2. The molecule has 0 saturated heterocycles. The molecule has 9 heteroatoms. The lowest BCUT2D eigenvalue weighted by molar-refractivity contribution is -0.121. The maximum absolute atomic E-state index is 13.0. The molecule has 168 valence electrons. The molecule has 0 spiro atoms. The number of benzene rings is 3. The Bertz CT molecular complexity index is 1570. The summed E-state index contributed by atoms with van der Waals surface area (Å²) in [4.78, 5) is 38.3. The van der Waals surface area contributed by atoms with E-state index in [0.717, 1.165) is 10.9 Å². The van der Waals surface area contributed by atoms with Gasteiger partial charge in [-0.15, -0.1) is 0 Å². The number of nitrogens with zero attached hydrogens (tertiary/aromatic N) is 3. The van der Waals surface area contributed by atoms with Gasteiger partial charge in [0.25, 0.3) is 11.5 Å². The first-order valence-corrected chi connectivity index (χ1v) is 10.6. The number of rotatable bonds is 5. The summed E-state index contributed by atoms with van der Waals surface area (Å²) in [6, 6.07) is 23.3. The third-order valence-electron chi connectivity index (χ3n) is 5.35. The van der Waals surface area contributed by atoms with Gasteiger partial charge in [0.1, 0.15) is 5.69 Å². The van der Waals surface area contributed by atoms with Crippen molar-refractivity contribution in [2.45, 2.75) is 13.0 Å². The molecular weight excluding hydrogens is 434 g/mol. The summed E-state index contributed by atoms with van der Waals surface area (Å²) in [5.41, 5.74) is 6.39. The van der Waals surface area contributed by atoms with Crippen LogP contribution in [0.4, 0.5) is 0 Å². The number of amides is 2. The van der Waals surface area contributed by atoms with Crippen molar-refractivity contribution >= 4 is 33.6 Å². The van der Waals surface area contributed by atoms with Crippen LogP contribution in [-0.4, -0.2) is 26.8 Å². The monoisotopic (exact) mass is 453 g/mol. The second-order valence-corrected chi connectivity index (χ2v) is 7.65. The number of carbonyl (C=O) groups is 2. The minimum Gasteiger partial charge on any atom is -0.356 e. The van der Waals surface area contributed by atoms with Crippen molar-refractivity contribution in [1.82, 2.24) is 25.8 Å². The predicted octanol–water partition coefficient (Wildman–Crippen LogP) is 2.59. The zero-order chi connectivity index (χ0) is 23.5. The first-order valence-electron chi connectivity index (χ1n) is 10.6. The van der Waals surface area contributed by atoms with Gasteiger partial charge in [0.05, 0.1) is 18.4 Å². The smallest absolute Gasteiger partial charge is 0.290 e. The van der Waals surface area contributed by atoms with Crippen LogP contribution in [0.2, 0.25) is 0 Å². The van der Waals surface area contributed by atoms with Gasteiger partial charge in [0, 0.05) is 10.8 Å². The lowest BCUT2D eigenvalue weighted by Gasteiger charge is -2.12. The second-order valence-electron chi connectivity index (χ2n) is 7.65. The highest BCUT2D eigenvalue weighted by atomic mass is 16.5. The topological polar surface area (TPSA) is 119 Å². The van der Waals surface area contributed by atoms with Crippen molar-refractivity contribution < 1.29 is 14.1 Å². The zero-order valence-electron chi connectivity index (χ0n) is 17.9. The van der Waals surface area contributed by atoms with Gasteiger partial charge in [0.2, 0.25) is 5.91 Å². The van der Waals surface area contributed by atoms with Crippen LogP contribution in [0.15, 0.2) is 88.2 Å². The minimum absolute atomic E-state index is 0.0262. The molecule has 2 aromatic heterocycles. The number of hydrazine groups is 1. The molecule has 9 nitrogen and oxygen atoms in total. The Morgan fingerprint density at radius 1 is 0.824 bits per heavy atom. The molecule has 0 aliphatic heterocycles. The summed E-state index contributed by atoms with van der Waals surface area (Å²) < 4.78 is 6.45. The molecule has 0 saturated carbocycles. The number of para-hydroxylation sites is 1. The standard InChI is InChI=1S/C25H19N5O4/c31-22(14-20-19-12-6-7-13-21(19)34-29-20)26-27-24(32)23-17-10-4-5-11-18(17)25(33)30(28-23)15-16-8-2-1-3-9-16/h1-13H,14-15H2,(H,26,31)(H,27,32). The molecule has 0 unspecified atom stereocenters. The number of fused-ring (bicyclic) bond motifs is 2. The summed E-state index contributed by atoms with van der Waals surface area (Å²) in [5, 5.41) is 9.71. The van der Waals surface area contributed by atoms with Gasteiger partial charge < -0.3 is 4.52 Å². The van der Waals surface area contributed by atoms with Gasteiger partial charge >= 0.3 is 0 Å². The maximum Gasteiger partial charge on any atom is 0.290 e. The molecule has 2 amide bonds. The molecular formula is C25H19N5O4. The fourth-order valence-corrected chi connectivity index (χ4v) is 3.71. The lowest BCUT2D eigenvalue weighted by atomic mass is 10.1. The Hall–Kier alpha value is -4.79. The van der Waals surface area contributed by atoms with Crippen molar-refractivity contribution in [3.05, 3.63) is 106 Å². The van der Waals surface area contributed by atoms with Crippen LogP contribution in [0, 0.1) is 0 Å². The van der Waals surface area contributed by atoms with E-state index in [-0.39, 0.29) is 24.2 Å². The Morgan fingerprint density at radius 3 is 2.29 bits per heavy atom. The third kappa shape index (κ3) is 4.14. The molecule has 5 rings (SSSR count). The molecule has 0 radical (unpaired) electrons. The summed E-state index contributed by atoms with van der Waals surface area (Å²) >= 11 is 0. The summed E-state index contributed by atoms with van der Waals surface area (Å²) in [5.74, 6) is -1.12. The molecule has 34 heavy (non-hydrogen) atoms. The number of hydrogen-bond donors (Lipinski definition) is 2. The largest absolute Gasteiger partial charge is 0.356 e. The van der Waals surface area contributed by atoms with Crippen LogP contribution >= 0.6 is 0 Å². The highest BCUT2D eigenvalue weighted by Crippen LogP contribution is 2.18. The van der Waals surface area contributed by atoms with Crippen molar-refractivity contribution in [3.8, 4) is 0 Å². The van der Waals surface area contributed by atoms with Crippen LogP contribution in [0.25, 0.3) is 21.7 Å². The van der Waals surface area contributed by atoms with Crippen molar-refractivity contribution in [2.75, 3.05) is 0 Å². The average Bonchev–Trinajstić information content (AvgIpc) is 3.27. The van der Waals surface area contributed by atoms with Crippen LogP contribution in [-0.2, 0) is 17.8 Å². The third-order valence-corrected chi connectivity index (χ3v) is 5.35. The second kappa shape index (κ2) is 8.99. The van der Waals surface area contributed by atoms with E-state index in [2.05, 4.69) is 21.1 Å². The molecule has 0 fully saturated rings. The molecule has 0 bridgehead atoms. The van der Waals surface area contributed by atoms with E-state index in [0.29, 0.717) is 22.0 Å². The van der Waals surface area contributed by atoms with E-state index < -0.39 is 11.8 Å². The van der Waals surface area contributed by atoms with Gasteiger partial charge in [-0.3, -0.25) is 25.2 Å². The number of aromatic nitrogens is 3. The highest BCUT2D eigenvalue weighted by molar-refractivity contribution is 6.05. The molecule has 0 atom stereocenters. The van der Waals surface area contributed by atoms with E-state index in [1.807, 2.05) is 42.5 Å². The van der Waals surface area contributed by atoms with Gasteiger partial charge in [-0.25, -0.2) is 4.68 Å². The van der Waals surface area contributed by atoms with Crippen molar-refractivity contribution in [3.63, 3.8) is 0 Å². The first kappa shape index (κ1) is 21.1. The Morgan fingerprint density at radius 2 is 1.50 bits per heavy atom. The van der Waals surface area contributed by atoms with E-state index in [4.69, 9.17) is 4.52 Å². The molecule has 2 heterocycles. The maximum atomic E-state index is 13.0. The van der Waals surface area contributed by atoms with Crippen LogP contribution in [0.1, 0.15) is 21.7 Å². The first-order chi connectivity index (χ1) is 16.6. The molecule has 3 aromatic carbocycles. The van der Waals surface area contributed by atoms with Crippen LogP contribution in [0.3, 0.4) is 0 Å². The fraction of sp³-hybridized carbons (Fsp3) is 0.0800. The Balaban J connectivity index is 1.37. The minimum atomic E-state index is -0.642. The van der Waals surface area contributed by atoms with Gasteiger partial charge in [-0.1, -0.05) is 65.8 Å². The molecule has 2 N–H and O–H groups in total. The SMILES string of the molecule is O=C(Cc1noc2ccccc12)NNC(=O)c1nn(Cc2ccccc2)c(=O)c2ccccc12. The van der Waals surface area contributed by atoms with E-state index >= 15 is 0 Å². The van der Waals surface area contributed by atoms with Crippen LogP contribution in [0.5, 0.6) is 0 Å². The lowest BCUT2D eigenvalue weighted by Crippen LogP contribution is -2.43. The number of nitrogens with one attached hydrogen (secondary N) is 2. The van der Waals surface area contributed by atoms with Gasteiger partial charge in [-0.2, -0.15) is 5.10 Å². The van der Waals surface area contributed by atoms with E-state index in [9.17, 15) is 14.4 Å². The Labute approximate surface area is 193 Å². The van der Waals surface area contributed by atoms with Crippen molar-refractivity contribution in [2.24, 2.45) is 0 Å². The summed E-state index contributed by atoms with van der Waals surface area (Å²) in [6.45, 7) is 0.205. The quantitative estimate of drug-likeness (QED) is 0.395. The van der Waals surface area contributed by atoms with Crippen LogP contribution < -0.4 is 16.4 Å². The molecule has 0 aliphatic rings. The van der Waals surface area contributed by atoms with E-state index in [1.165, 1.54) is 4.68 Å². The fourth-order valence-electron chi connectivity index (χ4n) is 3.71. The summed E-state index contributed by atoms with van der Waals surface area (Å²) in [6.07, 6.45) is -0.0844. The van der Waals surface area contributed by atoms with Crippen molar-refractivity contribution in [1.29, 1.82) is 0 Å². The molecule has 5 aromatic rings. The normalized spacial score (nSPS) is 10.9.